The topological polar surface area (TPSA) is 26.7 Å². The molecule has 0 spiro atoms. The molecule has 1 saturated heterocycles. The molecule has 0 amide bonds. The first-order chi connectivity index (χ1) is 6.68. The van der Waals surface area contributed by atoms with Crippen molar-refractivity contribution in [1.29, 1.82) is 0 Å². The van der Waals surface area contributed by atoms with Gasteiger partial charge >= 0.3 is 0 Å². The first-order valence-corrected chi connectivity index (χ1v) is 5.88. The molecule has 0 saturated carbocycles. The molecule has 0 aromatic heterocycles. The maximum atomic E-state index is 9.87. The van der Waals surface area contributed by atoms with Crippen molar-refractivity contribution in [2.24, 2.45) is 5.41 Å². The summed E-state index contributed by atoms with van der Waals surface area (Å²) in [7, 11) is 0. The Hall–Kier alpha value is -0.120. The van der Waals surface area contributed by atoms with Gasteiger partial charge in [0.1, 0.15) is 5.72 Å². The van der Waals surface area contributed by atoms with E-state index in [0.717, 1.165) is 32.7 Å². The lowest BCUT2D eigenvalue weighted by Gasteiger charge is -2.42. The van der Waals surface area contributed by atoms with Gasteiger partial charge in [0.05, 0.1) is 0 Å². The normalized spacial score (nSPS) is 22.0. The Bertz CT molecular complexity index is 195. The fourth-order valence-electron chi connectivity index (χ4n) is 2.12. The Balaban J connectivity index is 2.37. The molecule has 3 heteroatoms. The van der Waals surface area contributed by atoms with Gasteiger partial charge in [0.15, 0.2) is 0 Å². The maximum absolute atomic E-state index is 9.87. The molecular weight excluding hydrogens is 188 g/mol. The van der Waals surface area contributed by atoms with E-state index < -0.39 is 5.72 Å². The summed E-state index contributed by atoms with van der Waals surface area (Å²) in [6.07, 6.45) is 0. The largest absolute Gasteiger partial charge is 0.376 e. The molecule has 0 radical (unpaired) electrons. The van der Waals surface area contributed by atoms with E-state index in [1.165, 1.54) is 0 Å². The van der Waals surface area contributed by atoms with Crippen LogP contribution in [0, 0.1) is 5.41 Å². The molecule has 1 rings (SSSR count). The van der Waals surface area contributed by atoms with Crippen molar-refractivity contribution >= 4 is 0 Å². The van der Waals surface area contributed by atoms with Crippen molar-refractivity contribution in [2.45, 2.75) is 40.3 Å². The molecular formula is C12H26N2O. The van der Waals surface area contributed by atoms with Gasteiger partial charge in [-0.3, -0.25) is 4.90 Å². The lowest BCUT2D eigenvalue weighted by atomic mass is 9.95. The zero-order valence-corrected chi connectivity index (χ0v) is 10.9. The Morgan fingerprint density at radius 3 is 1.73 bits per heavy atom. The summed E-state index contributed by atoms with van der Waals surface area (Å²) in [4.78, 5) is 4.63. The zero-order chi connectivity index (χ0) is 11.7. The van der Waals surface area contributed by atoms with Gasteiger partial charge in [-0.1, -0.05) is 20.8 Å². The van der Waals surface area contributed by atoms with Crippen LogP contribution in [0.25, 0.3) is 0 Å². The van der Waals surface area contributed by atoms with Crippen molar-refractivity contribution in [1.82, 2.24) is 9.80 Å². The third-order valence-corrected chi connectivity index (χ3v) is 2.84. The highest BCUT2D eigenvalue weighted by Crippen LogP contribution is 2.18. The lowest BCUT2D eigenvalue weighted by molar-refractivity contribution is -0.0980. The zero-order valence-electron chi connectivity index (χ0n) is 10.9. The van der Waals surface area contributed by atoms with E-state index in [4.69, 9.17) is 0 Å². The fourth-order valence-corrected chi connectivity index (χ4v) is 2.12. The number of hydrogen-bond acceptors (Lipinski definition) is 3. The monoisotopic (exact) mass is 214 g/mol. The summed E-state index contributed by atoms with van der Waals surface area (Å²) >= 11 is 0. The van der Waals surface area contributed by atoms with Gasteiger partial charge < -0.3 is 10.0 Å². The van der Waals surface area contributed by atoms with Gasteiger partial charge in [0.2, 0.25) is 0 Å². The van der Waals surface area contributed by atoms with Crippen molar-refractivity contribution in [3.63, 3.8) is 0 Å². The minimum absolute atomic E-state index is 0.372. The molecule has 90 valence electrons. The second-order valence-corrected chi connectivity index (χ2v) is 6.32. The molecule has 1 N–H and O–H groups in total. The predicted molar refractivity (Wildman–Crippen MR) is 63.8 cm³/mol. The average Bonchev–Trinajstić information content (AvgIpc) is 2.00. The highest BCUT2D eigenvalue weighted by molar-refractivity contribution is 4.80. The fraction of sp³-hybridized carbons (Fsp3) is 1.00. The third-order valence-electron chi connectivity index (χ3n) is 2.84. The van der Waals surface area contributed by atoms with E-state index in [0.29, 0.717) is 5.41 Å². The smallest absolute Gasteiger partial charge is 0.112 e. The van der Waals surface area contributed by atoms with Gasteiger partial charge in [0.25, 0.3) is 0 Å². The van der Waals surface area contributed by atoms with Gasteiger partial charge in [-0.05, 0) is 19.3 Å². The van der Waals surface area contributed by atoms with Gasteiger partial charge in [0, 0.05) is 32.7 Å². The van der Waals surface area contributed by atoms with E-state index >= 15 is 0 Å². The summed E-state index contributed by atoms with van der Waals surface area (Å²) < 4.78 is 0. The van der Waals surface area contributed by atoms with Crippen LogP contribution >= 0.6 is 0 Å². The first-order valence-electron chi connectivity index (χ1n) is 5.88. The molecule has 1 aliphatic heterocycles. The molecule has 0 bridgehead atoms. The summed E-state index contributed by atoms with van der Waals surface area (Å²) in [5.41, 5.74) is -0.287. The Morgan fingerprint density at radius 1 is 0.933 bits per heavy atom. The number of nitrogens with zero attached hydrogens (tertiary/aromatic N) is 2. The van der Waals surface area contributed by atoms with E-state index in [-0.39, 0.29) is 0 Å². The van der Waals surface area contributed by atoms with Crippen molar-refractivity contribution in [2.75, 3.05) is 32.7 Å². The molecule has 0 unspecified atom stereocenters. The number of rotatable bonds is 2. The summed E-state index contributed by atoms with van der Waals surface area (Å²) in [6, 6.07) is 0. The van der Waals surface area contributed by atoms with Crippen molar-refractivity contribution in [3.8, 4) is 0 Å². The molecule has 1 fully saturated rings. The van der Waals surface area contributed by atoms with E-state index in [1.54, 1.807) is 0 Å². The summed E-state index contributed by atoms with van der Waals surface area (Å²) in [5, 5.41) is 9.87. The average molecular weight is 214 g/mol. The number of hydrogen-bond donors (Lipinski definition) is 1. The minimum atomic E-state index is -0.659. The standard InChI is InChI=1S/C12H26N2O/c1-11(2,3)10-13-6-8-14(9-7-13)12(4,5)15/h15H,6-10H2,1-5H3. The molecule has 0 aromatic rings. The van der Waals surface area contributed by atoms with Crippen molar-refractivity contribution < 1.29 is 5.11 Å². The maximum Gasteiger partial charge on any atom is 0.112 e. The first kappa shape index (κ1) is 12.9. The summed E-state index contributed by atoms with van der Waals surface area (Å²) in [6.45, 7) is 15.8. The van der Waals surface area contributed by atoms with Crippen LogP contribution < -0.4 is 0 Å². The van der Waals surface area contributed by atoms with Crippen LogP contribution in [0.15, 0.2) is 0 Å². The minimum Gasteiger partial charge on any atom is -0.376 e. The lowest BCUT2D eigenvalue weighted by Crippen LogP contribution is -2.55. The third kappa shape index (κ3) is 4.49. The molecule has 0 aromatic carbocycles. The van der Waals surface area contributed by atoms with Crippen LogP contribution in [0.4, 0.5) is 0 Å². The highest BCUT2D eigenvalue weighted by Gasteiger charge is 2.28. The number of piperazine rings is 1. The summed E-state index contributed by atoms with van der Waals surface area (Å²) in [5.74, 6) is 0. The highest BCUT2D eigenvalue weighted by atomic mass is 16.3. The quantitative estimate of drug-likeness (QED) is 0.752. The molecule has 1 aliphatic rings. The van der Waals surface area contributed by atoms with Gasteiger partial charge in [-0.15, -0.1) is 0 Å². The molecule has 0 aliphatic carbocycles. The van der Waals surface area contributed by atoms with Crippen LogP contribution in [0.3, 0.4) is 0 Å². The Morgan fingerprint density at radius 2 is 1.40 bits per heavy atom. The number of aliphatic hydroxyl groups is 1. The molecule has 0 atom stereocenters. The Kier molecular flexibility index (Phi) is 3.80. The second-order valence-electron chi connectivity index (χ2n) is 6.32. The van der Waals surface area contributed by atoms with Crippen LogP contribution in [-0.4, -0.2) is 53.4 Å². The SMILES string of the molecule is CC(C)(C)CN1CCN(C(C)(C)O)CC1. The van der Waals surface area contributed by atoms with Crippen molar-refractivity contribution in [3.05, 3.63) is 0 Å². The predicted octanol–water partition coefficient (Wildman–Crippen LogP) is 1.38. The van der Waals surface area contributed by atoms with Crippen LogP contribution in [0.1, 0.15) is 34.6 Å². The molecule has 1 heterocycles. The van der Waals surface area contributed by atoms with Gasteiger partial charge in [-0.2, -0.15) is 0 Å². The van der Waals surface area contributed by atoms with E-state index in [1.807, 2.05) is 13.8 Å². The Labute approximate surface area is 94.1 Å². The molecule has 3 nitrogen and oxygen atoms in total. The van der Waals surface area contributed by atoms with Crippen LogP contribution in [0.2, 0.25) is 0 Å². The second kappa shape index (κ2) is 4.40. The van der Waals surface area contributed by atoms with Gasteiger partial charge in [-0.25, -0.2) is 0 Å². The molecule has 15 heavy (non-hydrogen) atoms. The van der Waals surface area contributed by atoms with Crippen LogP contribution in [-0.2, 0) is 0 Å². The van der Waals surface area contributed by atoms with E-state index in [9.17, 15) is 5.11 Å². The van der Waals surface area contributed by atoms with E-state index in [2.05, 4.69) is 30.6 Å². The van der Waals surface area contributed by atoms with Crippen LogP contribution in [0.5, 0.6) is 0 Å².